The Labute approximate surface area is 82.5 Å². The Kier molecular flexibility index (Phi) is 2.47. The van der Waals surface area contributed by atoms with Crippen molar-refractivity contribution in [2.75, 3.05) is 12.9 Å². The fourth-order valence-corrected chi connectivity index (χ4v) is 2.72. The summed E-state index contributed by atoms with van der Waals surface area (Å²) in [7, 11) is 1.71. The summed E-state index contributed by atoms with van der Waals surface area (Å²) in [6.45, 7) is 0. The summed E-state index contributed by atoms with van der Waals surface area (Å²) in [5.74, 6) is 3.01. The monoisotopic (exact) mass is 195 g/mol. The molecule has 0 aromatic heterocycles. The largest absolute Gasteiger partial charge is 0.496 e. The zero-order valence-corrected chi connectivity index (χ0v) is 8.43. The van der Waals surface area contributed by atoms with Crippen molar-refractivity contribution in [3.05, 3.63) is 29.3 Å². The normalized spacial score (nSPS) is 20.9. The molecule has 1 aliphatic heterocycles. The van der Waals surface area contributed by atoms with Crippen LogP contribution >= 0.6 is 11.8 Å². The third kappa shape index (κ3) is 1.54. The SMILES string of the molecule is COc1cccc2c1CSCC2N. The molecule has 0 amide bonds. The third-order valence-corrected chi connectivity index (χ3v) is 3.42. The van der Waals surface area contributed by atoms with Gasteiger partial charge >= 0.3 is 0 Å². The fourth-order valence-electron chi connectivity index (χ4n) is 1.65. The number of methoxy groups -OCH3 is 1. The zero-order valence-electron chi connectivity index (χ0n) is 7.62. The van der Waals surface area contributed by atoms with Gasteiger partial charge in [0.1, 0.15) is 5.75 Å². The molecule has 1 atom stereocenters. The molecule has 3 heteroatoms. The van der Waals surface area contributed by atoms with Gasteiger partial charge in [-0.15, -0.1) is 0 Å². The first-order chi connectivity index (χ1) is 6.33. The van der Waals surface area contributed by atoms with E-state index in [-0.39, 0.29) is 6.04 Å². The van der Waals surface area contributed by atoms with Crippen LogP contribution in [0.2, 0.25) is 0 Å². The van der Waals surface area contributed by atoms with Crippen LogP contribution in [0.15, 0.2) is 18.2 Å². The Hall–Kier alpha value is -0.670. The van der Waals surface area contributed by atoms with E-state index in [2.05, 4.69) is 6.07 Å². The molecule has 0 saturated heterocycles. The van der Waals surface area contributed by atoms with Gasteiger partial charge in [0.2, 0.25) is 0 Å². The van der Waals surface area contributed by atoms with Crippen LogP contribution in [0.4, 0.5) is 0 Å². The van der Waals surface area contributed by atoms with E-state index in [4.69, 9.17) is 10.5 Å². The van der Waals surface area contributed by atoms with E-state index in [1.807, 2.05) is 23.9 Å². The molecule has 1 heterocycles. The molecule has 0 saturated carbocycles. The molecule has 1 unspecified atom stereocenters. The first-order valence-electron chi connectivity index (χ1n) is 4.32. The molecular weight excluding hydrogens is 182 g/mol. The van der Waals surface area contributed by atoms with Gasteiger partial charge in [-0.25, -0.2) is 0 Å². The highest BCUT2D eigenvalue weighted by Crippen LogP contribution is 2.35. The highest BCUT2D eigenvalue weighted by Gasteiger charge is 2.19. The molecule has 0 fully saturated rings. The van der Waals surface area contributed by atoms with Crippen LogP contribution in [0.1, 0.15) is 17.2 Å². The maximum atomic E-state index is 5.99. The zero-order chi connectivity index (χ0) is 9.26. The number of hydrogen-bond donors (Lipinski definition) is 1. The molecule has 1 aromatic carbocycles. The second-order valence-corrected chi connectivity index (χ2v) is 4.18. The Balaban J connectivity index is 2.48. The fraction of sp³-hybridized carbons (Fsp3) is 0.400. The van der Waals surface area contributed by atoms with E-state index in [0.29, 0.717) is 0 Å². The van der Waals surface area contributed by atoms with Gasteiger partial charge in [-0.2, -0.15) is 11.8 Å². The van der Waals surface area contributed by atoms with Crippen LogP contribution in [0.3, 0.4) is 0 Å². The van der Waals surface area contributed by atoms with Crippen LogP contribution in [-0.4, -0.2) is 12.9 Å². The molecule has 1 aliphatic rings. The summed E-state index contributed by atoms with van der Waals surface area (Å²) < 4.78 is 5.29. The summed E-state index contributed by atoms with van der Waals surface area (Å²) in [6, 6.07) is 6.27. The lowest BCUT2D eigenvalue weighted by Gasteiger charge is -2.23. The minimum absolute atomic E-state index is 0.170. The molecule has 0 bridgehead atoms. The molecular formula is C10H13NOS. The van der Waals surface area contributed by atoms with Crippen molar-refractivity contribution in [3.63, 3.8) is 0 Å². The maximum absolute atomic E-state index is 5.99. The lowest BCUT2D eigenvalue weighted by Crippen LogP contribution is -2.19. The minimum atomic E-state index is 0.170. The molecule has 1 aromatic rings. The number of nitrogens with two attached hydrogens (primary N) is 1. The van der Waals surface area contributed by atoms with E-state index in [9.17, 15) is 0 Å². The molecule has 13 heavy (non-hydrogen) atoms. The summed E-state index contributed by atoms with van der Waals surface area (Å²) in [5, 5.41) is 0. The standard InChI is InChI=1S/C10H13NOS/c1-12-10-4-2-3-7-8(10)5-13-6-9(7)11/h2-4,9H,5-6,11H2,1H3. The van der Waals surface area contributed by atoms with Gasteiger partial charge in [-0.1, -0.05) is 12.1 Å². The van der Waals surface area contributed by atoms with Crippen LogP contribution in [0.5, 0.6) is 5.75 Å². The van der Waals surface area contributed by atoms with Gasteiger partial charge in [0.15, 0.2) is 0 Å². The van der Waals surface area contributed by atoms with Crippen LogP contribution in [0, 0.1) is 0 Å². The maximum Gasteiger partial charge on any atom is 0.123 e. The lowest BCUT2D eigenvalue weighted by molar-refractivity contribution is 0.410. The van der Waals surface area contributed by atoms with Gasteiger partial charge < -0.3 is 10.5 Å². The van der Waals surface area contributed by atoms with Crippen molar-refractivity contribution in [2.24, 2.45) is 5.73 Å². The van der Waals surface area contributed by atoms with Gasteiger partial charge in [0, 0.05) is 23.1 Å². The van der Waals surface area contributed by atoms with E-state index in [0.717, 1.165) is 17.3 Å². The average Bonchev–Trinajstić information content (AvgIpc) is 2.18. The number of rotatable bonds is 1. The van der Waals surface area contributed by atoms with E-state index in [1.54, 1.807) is 7.11 Å². The first-order valence-corrected chi connectivity index (χ1v) is 5.47. The Bertz CT molecular complexity index is 314. The van der Waals surface area contributed by atoms with Gasteiger partial charge in [0.25, 0.3) is 0 Å². The number of ether oxygens (including phenoxy) is 1. The molecule has 2 nitrogen and oxygen atoms in total. The Morgan fingerprint density at radius 1 is 1.54 bits per heavy atom. The van der Waals surface area contributed by atoms with Crippen molar-refractivity contribution in [2.45, 2.75) is 11.8 Å². The lowest BCUT2D eigenvalue weighted by atomic mass is 10.0. The van der Waals surface area contributed by atoms with Crippen LogP contribution < -0.4 is 10.5 Å². The molecule has 2 rings (SSSR count). The molecule has 70 valence electrons. The van der Waals surface area contributed by atoms with Crippen LogP contribution in [0.25, 0.3) is 0 Å². The number of fused-ring (bicyclic) bond motifs is 1. The second-order valence-electron chi connectivity index (χ2n) is 3.15. The van der Waals surface area contributed by atoms with Crippen molar-refractivity contribution in [1.82, 2.24) is 0 Å². The molecule has 0 radical (unpaired) electrons. The topological polar surface area (TPSA) is 35.2 Å². The minimum Gasteiger partial charge on any atom is -0.496 e. The molecule has 0 aliphatic carbocycles. The summed E-state index contributed by atoms with van der Waals surface area (Å²) in [4.78, 5) is 0. The Morgan fingerprint density at radius 2 is 2.38 bits per heavy atom. The van der Waals surface area contributed by atoms with Crippen molar-refractivity contribution >= 4 is 11.8 Å². The quantitative estimate of drug-likeness (QED) is 0.743. The number of thioether (sulfide) groups is 1. The summed E-state index contributed by atoms with van der Waals surface area (Å²) in [5.41, 5.74) is 8.51. The van der Waals surface area contributed by atoms with Gasteiger partial charge in [0.05, 0.1) is 7.11 Å². The van der Waals surface area contributed by atoms with E-state index < -0.39 is 0 Å². The second kappa shape index (κ2) is 3.60. The smallest absolute Gasteiger partial charge is 0.123 e. The summed E-state index contributed by atoms with van der Waals surface area (Å²) >= 11 is 1.87. The van der Waals surface area contributed by atoms with Gasteiger partial charge in [-0.3, -0.25) is 0 Å². The number of hydrogen-bond acceptors (Lipinski definition) is 3. The highest BCUT2D eigenvalue weighted by atomic mass is 32.2. The molecule has 0 spiro atoms. The van der Waals surface area contributed by atoms with Crippen molar-refractivity contribution in [1.29, 1.82) is 0 Å². The predicted molar refractivity (Wildman–Crippen MR) is 56.1 cm³/mol. The molecule has 2 N–H and O–H groups in total. The third-order valence-electron chi connectivity index (χ3n) is 2.33. The Morgan fingerprint density at radius 3 is 3.15 bits per heavy atom. The average molecular weight is 195 g/mol. The van der Waals surface area contributed by atoms with E-state index in [1.165, 1.54) is 11.1 Å². The van der Waals surface area contributed by atoms with Crippen molar-refractivity contribution < 1.29 is 4.74 Å². The highest BCUT2D eigenvalue weighted by molar-refractivity contribution is 7.98. The summed E-state index contributed by atoms with van der Waals surface area (Å²) in [6.07, 6.45) is 0. The predicted octanol–water partition coefficient (Wildman–Crippen LogP) is 1.94. The van der Waals surface area contributed by atoms with Crippen molar-refractivity contribution in [3.8, 4) is 5.75 Å². The number of benzene rings is 1. The van der Waals surface area contributed by atoms with Crippen LogP contribution in [-0.2, 0) is 5.75 Å². The van der Waals surface area contributed by atoms with E-state index >= 15 is 0 Å². The first kappa shape index (κ1) is 8.91. The van der Waals surface area contributed by atoms with Gasteiger partial charge in [-0.05, 0) is 11.6 Å².